The SMILES string of the molecule is CCn1c(-c2ccc(C(F)(F)F)cc2)nc2c(N[C@@H]3CCc4ncn(C5CC5)c4C3)ncnc21. The van der Waals surface area contributed by atoms with Crippen molar-refractivity contribution in [3.05, 3.63) is 53.9 Å². The highest BCUT2D eigenvalue weighted by molar-refractivity contribution is 5.86. The molecule has 0 unspecified atom stereocenters. The largest absolute Gasteiger partial charge is 0.416 e. The molecule has 3 heterocycles. The van der Waals surface area contributed by atoms with E-state index in [0.717, 1.165) is 31.4 Å². The molecule has 0 spiro atoms. The van der Waals surface area contributed by atoms with Gasteiger partial charge in [0.25, 0.3) is 0 Å². The molecular weight excluding hydrogens is 443 g/mol. The molecule has 0 amide bonds. The molecule has 0 aliphatic heterocycles. The first kappa shape index (κ1) is 21.1. The Morgan fingerprint density at radius 1 is 1.06 bits per heavy atom. The third-order valence-corrected chi connectivity index (χ3v) is 6.75. The van der Waals surface area contributed by atoms with Gasteiger partial charge >= 0.3 is 6.18 Å². The molecule has 1 fully saturated rings. The normalized spacial score (nSPS) is 18.3. The molecule has 2 aliphatic rings. The van der Waals surface area contributed by atoms with E-state index in [1.807, 2.05) is 17.8 Å². The molecule has 3 aromatic heterocycles. The highest BCUT2D eigenvalue weighted by atomic mass is 19.4. The maximum Gasteiger partial charge on any atom is 0.416 e. The Labute approximate surface area is 194 Å². The van der Waals surface area contributed by atoms with Crippen LogP contribution in [0.4, 0.5) is 19.0 Å². The third kappa shape index (κ3) is 3.61. The van der Waals surface area contributed by atoms with Crippen LogP contribution in [0, 0.1) is 0 Å². The van der Waals surface area contributed by atoms with Gasteiger partial charge in [-0.25, -0.2) is 19.9 Å². The zero-order valence-corrected chi connectivity index (χ0v) is 18.7. The van der Waals surface area contributed by atoms with Crippen molar-refractivity contribution >= 4 is 17.0 Å². The number of halogens is 3. The molecule has 1 saturated carbocycles. The minimum Gasteiger partial charge on any atom is -0.365 e. The van der Waals surface area contributed by atoms with Gasteiger partial charge in [0.05, 0.1) is 17.6 Å². The summed E-state index contributed by atoms with van der Waals surface area (Å²) < 4.78 is 43.2. The van der Waals surface area contributed by atoms with Crippen molar-refractivity contribution in [2.24, 2.45) is 0 Å². The molecule has 10 heteroatoms. The molecule has 0 bridgehead atoms. The fraction of sp³-hybridized carbons (Fsp3) is 0.417. The van der Waals surface area contributed by atoms with Crippen LogP contribution >= 0.6 is 0 Å². The van der Waals surface area contributed by atoms with Crippen LogP contribution in [0.25, 0.3) is 22.6 Å². The first-order valence-corrected chi connectivity index (χ1v) is 11.6. The number of imidazole rings is 2. The lowest BCUT2D eigenvalue weighted by Gasteiger charge is -2.24. The lowest BCUT2D eigenvalue weighted by molar-refractivity contribution is -0.137. The molecular formula is C24H24F3N7. The second-order valence-electron chi connectivity index (χ2n) is 9.01. The van der Waals surface area contributed by atoms with Gasteiger partial charge < -0.3 is 14.5 Å². The van der Waals surface area contributed by atoms with Gasteiger partial charge in [-0.2, -0.15) is 13.2 Å². The van der Waals surface area contributed by atoms with E-state index < -0.39 is 11.7 Å². The van der Waals surface area contributed by atoms with Gasteiger partial charge in [0.15, 0.2) is 17.0 Å². The van der Waals surface area contributed by atoms with Crippen LogP contribution in [-0.4, -0.2) is 35.1 Å². The Hall–Kier alpha value is -3.43. The maximum absolute atomic E-state index is 13.0. The summed E-state index contributed by atoms with van der Waals surface area (Å²) in [6.07, 6.45) is 4.29. The molecule has 34 heavy (non-hydrogen) atoms. The Kier molecular flexibility index (Phi) is 4.86. The number of fused-ring (bicyclic) bond motifs is 2. The van der Waals surface area contributed by atoms with E-state index in [-0.39, 0.29) is 6.04 Å². The van der Waals surface area contributed by atoms with Crippen LogP contribution in [0.5, 0.6) is 0 Å². The number of rotatable bonds is 5. The van der Waals surface area contributed by atoms with Gasteiger partial charge in [-0.15, -0.1) is 0 Å². The molecule has 176 valence electrons. The Balaban J connectivity index is 1.32. The second-order valence-corrected chi connectivity index (χ2v) is 9.01. The van der Waals surface area contributed by atoms with Crippen molar-refractivity contribution in [1.29, 1.82) is 0 Å². The van der Waals surface area contributed by atoms with Crippen molar-refractivity contribution < 1.29 is 13.2 Å². The number of anilines is 1. The summed E-state index contributed by atoms with van der Waals surface area (Å²) in [4.78, 5) is 18.3. The lowest BCUT2D eigenvalue weighted by Crippen LogP contribution is -2.29. The molecule has 1 N–H and O–H groups in total. The van der Waals surface area contributed by atoms with E-state index >= 15 is 0 Å². The quantitative estimate of drug-likeness (QED) is 0.446. The van der Waals surface area contributed by atoms with Gasteiger partial charge in [0.2, 0.25) is 0 Å². The van der Waals surface area contributed by atoms with Crippen molar-refractivity contribution in [3.8, 4) is 11.4 Å². The molecule has 1 aromatic carbocycles. The average molecular weight is 467 g/mol. The van der Waals surface area contributed by atoms with E-state index in [0.29, 0.717) is 41.0 Å². The van der Waals surface area contributed by atoms with Crippen molar-refractivity contribution in [2.45, 2.75) is 63.8 Å². The molecule has 4 aromatic rings. The summed E-state index contributed by atoms with van der Waals surface area (Å²) >= 11 is 0. The molecule has 0 saturated heterocycles. The van der Waals surface area contributed by atoms with E-state index in [1.54, 1.807) is 0 Å². The maximum atomic E-state index is 13.0. The topological polar surface area (TPSA) is 73.5 Å². The minimum atomic E-state index is -4.37. The number of hydrogen-bond acceptors (Lipinski definition) is 5. The number of benzene rings is 1. The minimum absolute atomic E-state index is 0.195. The van der Waals surface area contributed by atoms with Crippen molar-refractivity contribution in [1.82, 2.24) is 29.1 Å². The monoisotopic (exact) mass is 467 g/mol. The van der Waals surface area contributed by atoms with Gasteiger partial charge in [-0.1, -0.05) is 12.1 Å². The first-order valence-electron chi connectivity index (χ1n) is 11.6. The highest BCUT2D eigenvalue weighted by Crippen LogP contribution is 2.38. The van der Waals surface area contributed by atoms with Gasteiger partial charge in [-0.05, 0) is 44.7 Å². The van der Waals surface area contributed by atoms with Gasteiger partial charge in [0.1, 0.15) is 12.2 Å². The molecule has 1 atom stereocenters. The van der Waals surface area contributed by atoms with Crippen LogP contribution in [0.15, 0.2) is 36.9 Å². The third-order valence-electron chi connectivity index (χ3n) is 6.75. The molecule has 2 aliphatic carbocycles. The van der Waals surface area contributed by atoms with E-state index in [2.05, 4.69) is 24.8 Å². The zero-order valence-electron chi connectivity index (χ0n) is 18.7. The van der Waals surface area contributed by atoms with E-state index in [1.165, 1.54) is 42.7 Å². The summed E-state index contributed by atoms with van der Waals surface area (Å²) in [6.45, 7) is 2.54. The predicted octanol–water partition coefficient (Wildman–Crippen LogP) is 5.03. The number of aromatic nitrogens is 6. The van der Waals surface area contributed by atoms with Crippen LogP contribution in [-0.2, 0) is 25.6 Å². The average Bonchev–Trinajstić information content (AvgIpc) is 3.46. The number of hydrogen-bond donors (Lipinski definition) is 1. The lowest BCUT2D eigenvalue weighted by atomic mass is 9.95. The summed E-state index contributed by atoms with van der Waals surface area (Å²) in [5, 5.41) is 3.57. The zero-order chi connectivity index (χ0) is 23.4. The van der Waals surface area contributed by atoms with Crippen molar-refractivity contribution in [3.63, 3.8) is 0 Å². The summed E-state index contributed by atoms with van der Waals surface area (Å²) in [7, 11) is 0. The standard InChI is InChI=1S/C24H24F3N7/c1-2-33-22(14-3-5-15(6-4-14)24(25,26)27)32-20-21(28-12-29-23(20)33)31-16-7-10-18-19(11-16)34(13-30-18)17-8-9-17/h3-6,12-13,16-17H,2,7-11H2,1H3,(H,28,29,31)/t16-/m1/s1. The van der Waals surface area contributed by atoms with Gasteiger partial charge in [-0.3, -0.25) is 0 Å². The Morgan fingerprint density at radius 2 is 1.85 bits per heavy atom. The Bertz CT molecular complexity index is 1350. The fourth-order valence-corrected chi connectivity index (χ4v) is 4.86. The smallest absolute Gasteiger partial charge is 0.365 e. The molecule has 0 radical (unpaired) electrons. The fourth-order valence-electron chi connectivity index (χ4n) is 4.86. The molecule has 6 rings (SSSR count). The van der Waals surface area contributed by atoms with Crippen molar-refractivity contribution in [2.75, 3.05) is 5.32 Å². The summed E-state index contributed by atoms with van der Waals surface area (Å²) in [5.74, 6) is 1.23. The predicted molar refractivity (Wildman–Crippen MR) is 121 cm³/mol. The van der Waals surface area contributed by atoms with Crippen LogP contribution < -0.4 is 5.32 Å². The number of nitrogens with one attached hydrogen (secondary N) is 1. The van der Waals surface area contributed by atoms with E-state index in [9.17, 15) is 13.2 Å². The number of nitrogens with zero attached hydrogens (tertiary/aromatic N) is 6. The van der Waals surface area contributed by atoms with Crippen LogP contribution in [0.2, 0.25) is 0 Å². The second kappa shape index (κ2) is 7.82. The van der Waals surface area contributed by atoms with Crippen LogP contribution in [0.1, 0.15) is 49.2 Å². The summed E-state index contributed by atoms with van der Waals surface area (Å²) in [5.41, 5.74) is 3.71. The van der Waals surface area contributed by atoms with E-state index in [4.69, 9.17) is 4.98 Å². The Morgan fingerprint density at radius 3 is 2.56 bits per heavy atom. The molecule has 7 nitrogen and oxygen atoms in total. The summed E-state index contributed by atoms with van der Waals surface area (Å²) in [6, 6.07) is 5.87. The number of alkyl halides is 3. The van der Waals surface area contributed by atoms with Gasteiger partial charge in [0, 0.05) is 36.3 Å². The van der Waals surface area contributed by atoms with Crippen LogP contribution in [0.3, 0.4) is 0 Å². The highest BCUT2D eigenvalue weighted by Gasteiger charge is 2.32. The number of aryl methyl sites for hydroxylation is 2. The first-order chi connectivity index (χ1) is 16.4.